The van der Waals surface area contributed by atoms with Crippen LogP contribution in [0.15, 0.2) is 60.2 Å². The molecule has 1 aliphatic heterocycles. The highest BCUT2D eigenvalue weighted by Gasteiger charge is 2.37. The minimum absolute atomic E-state index is 0.225. The van der Waals surface area contributed by atoms with E-state index < -0.39 is 17.8 Å². The Balaban J connectivity index is 1.71. The van der Waals surface area contributed by atoms with E-state index in [1.165, 1.54) is 31.4 Å². The number of nitrogens with one attached hydrogen (secondary N) is 1. The average molecular weight is 513 g/mol. The molecule has 1 heterocycles. The first-order valence-electron chi connectivity index (χ1n) is 10.5. The Hall–Kier alpha value is -3.68. The number of aryl methyl sites for hydroxylation is 1. The Morgan fingerprint density at radius 2 is 1.80 bits per heavy atom. The third-order valence-electron chi connectivity index (χ3n) is 5.49. The van der Waals surface area contributed by atoms with Gasteiger partial charge in [0.25, 0.3) is 11.8 Å². The van der Waals surface area contributed by atoms with E-state index in [1.807, 2.05) is 0 Å². The summed E-state index contributed by atoms with van der Waals surface area (Å²) in [5.74, 6) is -1.61. The van der Waals surface area contributed by atoms with Gasteiger partial charge in [-0.15, -0.1) is 0 Å². The molecule has 1 N–H and O–H groups in total. The highest BCUT2D eigenvalue weighted by Crippen LogP contribution is 2.33. The van der Waals surface area contributed by atoms with E-state index in [-0.39, 0.29) is 17.1 Å². The van der Waals surface area contributed by atoms with Crippen molar-refractivity contribution in [2.24, 2.45) is 0 Å². The fourth-order valence-electron chi connectivity index (χ4n) is 3.70. The van der Waals surface area contributed by atoms with Crippen LogP contribution in [0.1, 0.15) is 22.3 Å². The highest BCUT2D eigenvalue weighted by atomic mass is 35.5. The van der Waals surface area contributed by atoms with Crippen LogP contribution in [-0.4, -0.2) is 25.0 Å². The maximum Gasteiger partial charge on any atom is 0.335 e. The number of amides is 4. The predicted octanol–water partition coefficient (Wildman–Crippen LogP) is 5.71. The summed E-state index contributed by atoms with van der Waals surface area (Å²) < 4.78 is 19.1. The number of carbonyl (C=O) groups is 3. The third-order valence-corrected chi connectivity index (χ3v) is 6.24. The van der Waals surface area contributed by atoms with Crippen molar-refractivity contribution in [2.75, 3.05) is 12.0 Å². The molecule has 4 amide bonds. The third kappa shape index (κ3) is 5.06. The van der Waals surface area contributed by atoms with Crippen LogP contribution >= 0.6 is 23.2 Å². The van der Waals surface area contributed by atoms with Crippen molar-refractivity contribution in [1.29, 1.82) is 0 Å². The molecule has 0 aromatic heterocycles. The SMILES string of the molecule is COc1cc(/C=C2\C(=O)NC(=O)N(c3ccc(C)c(Cl)c3)C2=O)cc(Cl)c1Cc1cccc(F)c1. The number of rotatable bonds is 5. The van der Waals surface area contributed by atoms with E-state index in [4.69, 9.17) is 27.9 Å². The van der Waals surface area contributed by atoms with Gasteiger partial charge in [-0.05, 0) is 66.1 Å². The number of urea groups is 1. The molecule has 3 aromatic rings. The molecular formula is C26H19Cl2FN2O4. The Labute approximate surface area is 210 Å². The first kappa shape index (κ1) is 24.4. The first-order chi connectivity index (χ1) is 16.7. The lowest BCUT2D eigenvalue weighted by Gasteiger charge is -2.26. The zero-order valence-electron chi connectivity index (χ0n) is 18.7. The van der Waals surface area contributed by atoms with Gasteiger partial charge in [0.15, 0.2) is 0 Å². The summed E-state index contributed by atoms with van der Waals surface area (Å²) >= 11 is 12.7. The number of imide groups is 2. The summed E-state index contributed by atoms with van der Waals surface area (Å²) in [4.78, 5) is 39.0. The van der Waals surface area contributed by atoms with Crippen LogP contribution in [0.5, 0.6) is 5.75 Å². The van der Waals surface area contributed by atoms with E-state index >= 15 is 0 Å². The molecule has 3 aromatic carbocycles. The number of methoxy groups -OCH3 is 1. The molecule has 0 aliphatic carbocycles. The second kappa shape index (κ2) is 9.90. The van der Waals surface area contributed by atoms with Crippen LogP contribution in [0.2, 0.25) is 10.0 Å². The molecule has 35 heavy (non-hydrogen) atoms. The number of barbiturate groups is 1. The zero-order valence-corrected chi connectivity index (χ0v) is 20.2. The number of hydrogen-bond donors (Lipinski definition) is 1. The van der Waals surface area contributed by atoms with Gasteiger partial charge in [-0.3, -0.25) is 14.9 Å². The standard InChI is InChI=1S/C26H19Cl2FN2O4/c1-14-6-7-18(13-21(14)27)31-25(33)20(24(32)30-26(31)34)10-16-11-22(28)19(23(12-16)35-2)9-15-4-3-5-17(29)8-15/h3-8,10-13H,9H2,1-2H3,(H,30,32,34)/b20-10+. The van der Waals surface area contributed by atoms with Gasteiger partial charge in [-0.25, -0.2) is 14.1 Å². The fraction of sp³-hybridized carbons (Fsp3) is 0.115. The minimum atomic E-state index is -0.877. The second-order valence-electron chi connectivity index (χ2n) is 7.88. The lowest BCUT2D eigenvalue weighted by atomic mass is 10.00. The highest BCUT2D eigenvalue weighted by molar-refractivity contribution is 6.39. The van der Waals surface area contributed by atoms with Crippen molar-refractivity contribution < 1.29 is 23.5 Å². The van der Waals surface area contributed by atoms with E-state index in [0.29, 0.717) is 38.9 Å². The lowest BCUT2D eigenvalue weighted by Crippen LogP contribution is -2.54. The van der Waals surface area contributed by atoms with Gasteiger partial charge in [0.05, 0.1) is 12.8 Å². The largest absolute Gasteiger partial charge is 0.496 e. The van der Waals surface area contributed by atoms with E-state index in [0.717, 1.165) is 10.5 Å². The smallest absolute Gasteiger partial charge is 0.335 e. The van der Waals surface area contributed by atoms with Crippen molar-refractivity contribution in [3.63, 3.8) is 0 Å². The molecule has 9 heteroatoms. The molecular weight excluding hydrogens is 494 g/mol. The van der Waals surface area contributed by atoms with Gasteiger partial charge in [0.1, 0.15) is 17.1 Å². The van der Waals surface area contributed by atoms with Crippen molar-refractivity contribution in [3.05, 3.63) is 98.3 Å². The number of benzene rings is 3. The van der Waals surface area contributed by atoms with Crippen molar-refractivity contribution in [3.8, 4) is 5.75 Å². The number of carbonyl (C=O) groups excluding carboxylic acids is 3. The lowest BCUT2D eigenvalue weighted by molar-refractivity contribution is -0.122. The Bertz CT molecular complexity index is 1400. The van der Waals surface area contributed by atoms with Crippen LogP contribution in [0.25, 0.3) is 6.08 Å². The average Bonchev–Trinajstić information content (AvgIpc) is 2.80. The summed E-state index contributed by atoms with van der Waals surface area (Å²) in [6.07, 6.45) is 1.64. The molecule has 4 rings (SSSR count). The van der Waals surface area contributed by atoms with E-state index in [1.54, 1.807) is 43.3 Å². The van der Waals surface area contributed by atoms with Crippen LogP contribution in [0, 0.1) is 12.7 Å². The molecule has 6 nitrogen and oxygen atoms in total. The summed E-state index contributed by atoms with van der Waals surface area (Å²) in [5, 5.41) is 2.85. The molecule has 178 valence electrons. The van der Waals surface area contributed by atoms with E-state index in [2.05, 4.69) is 5.32 Å². The monoisotopic (exact) mass is 512 g/mol. The summed E-state index contributed by atoms with van der Waals surface area (Å²) in [6.45, 7) is 1.79. The number of ether oxygens (including phenoxy) is 1. The van der Waals surface area contributed by atoms with Gasteiger partial charge in [-0.1, -0.05) is 41.4 Å². The van der Waals surface area contributed by atoms with Gasteiger partial charge in [0.2, 0.25) is 0 Å². The predicted molar refractivity (Wildman–Crippen MR) is 132 cm³/mol. The fourth-order valence-corrected chi connectivity index (χ4v) is 4.16. The molecule has 1 fully saturated rings. The second-order valence-corrected chi connectivity index (χ2v) is 8.70. The van der Waals surface area contributed by atoms with Gasteiger partial charge < -0.3 is 4.74 Å². The number of nitrogens with zero attached hydrogens (tertiary/aromatic N) is 1. The maximum absolute atomic E-state index is 13.6. The van der Waals surface area contributed by atoms with Crippen molar-refractivity contribution in [2.45, 2.75) is 13.3 Å². The summed E-state index contributed by atoms with van der Waals surface area (Å²) in [5.41, 5.74) is 2.45. The van der Waals surface area contributed by atoms with Gasteiger partial charge in [0, 0.05) is 22.0 Å². The molecule has 1 saturated heterocycles. The van der Waals surface area contributed by atoms with Gasteiger partial charge in [-0.2, -0.15) is 0 Å². The molecule has 0 radical (unpaired) electrons. The Morgan fingerprint density at radius 1 is 1.03 bits per heavy atom. The van der Waals surface area contributed by atoms with Gasteiger partial charge >= 0.3 is 6.03 Å². The van der Waals surface area contributed by atoms with Crippen molar-refractivity contribution in [1.82, 2.24) is 5.32 Å². The molecule has 0 bridgehead atoms. The topological polar surface area (TPSA) is 75.7 Å². The normalized spacial score (nSPS) is 14.9. The Kier molecular flexibility index (Phi) is 6.91. The summed E-state index contributed by atoms with van der Waals surface area (Å²) in [6, 6.07) is 13.1. The Morgan fingerprint density at radius 3 is 2.49 bits per heavy atom. The number of hydrogen-bond acceptors (Lipinski definition) is 4. The summed E-state index contributed by atoms with van der Waals surface area (Å²) in [7, 11) is 1.46. The number of halogens is 3. The quantitative estimate of drug-likeness (QED) is 0.351. The van der Waals surface area contributed by atoms with E-state index in [9.17, 15) is 18.8 Å². The molecule has 0 atom stereocenters. The van der Waals surface area contributed by atoms with Crippen LogP contribution in [0.4, 0.5) is 14.9 Å². The molecule has 0 saturated carbocycles. The van der Waals surface area contributed by atoms with Crippen LogP contribution in [-0.2, 0) is 16.0 Å². The molecule has 0 unspecified atom stereocenters. The van der Waals surface area contributed by atoms with Crippen LogP contribution < -0.4 is 15.0 Å². The maximum atomic E-state index is 13.6. The van der Waals surface area contributed by atoms with Crippen molar-refractivity contribution >= 4 is 52.8 Å². The first-order valence-corrected chi connectivity index (χ1v) is 11.2. The zero-order chi connectivity index (χ0) is 25.3. The molecule has 1 aliphatic rings. The minimum Gasteiger partial charge on any atom is -0.496 e. The molecule has 0 spiro atoms. The number of anilines is 1. The van der Waals surface area contributed by atoms with Crippen LogP contribution in [0.3, 0.4) is 0 Å².